The maximum absolute atomic E-state index is 11.8. The van der Waals surface area contributed by atoms with Gasteiger partial charge >= 0.3 is 0 Å². The predicted octanol–water partition coefficient (Wildman–Crippen LogP) is 1.41. The lowest BCUT2D eigenvalue weighted by Gasteiger charge is -2.14. The highest BCUT2D eigenvalue weighted by Gasteiger charge is 2.23. The van der Waals surface area contributed by atoms with Crippen molar-refractivity contribution in [1.29, 1.82) is 0 Å². The minimum Gasteiger partial charge on any atom is -0.392 e. The third-order valence-electron chi connectivity index (χ3n) is 2.26. The number of benzene rings is 1. The van der Waals surface area contributed by atoms with E-state index in [0.29, 0.717) is 5.69 Å². The summed E-state index contributed by atoms with van der Waals surface area (Å²) < 4.78 is 26.1. The summed E-state index contributed by atoms with van der Waals surface area (Å²) in [6, 6.07) is 7.11. The Morgan fingerprint density at radius 3 is 2.50 bits per heavy atom. The summed E-state index contributed by atoms with van der Waals surface area (Å²) in [7, 11) is -3.55. The summed E-state index contributed by atoms with van der Waals surface area (Å²) >= 11 is 4.67. The molecule has 0 radical (unpaired) electrons. The molecule has 4 nitrogen and oxygen atoms in total. The summed E-state index contributed by atoms with van der Waals surface area (Å²) in [5.74, 6) is 0. The van der Waals surface area contributed by atoms with Crippen molar-refractivity contribution in [3.05, 3.63) is 29.8 Å². The lowest BCUT2D eigenvalue weighted by Crippen LogP contribution is -2.35. The lowest BCUT2D eigenvalue weighted by atomic mass is 10.2. The molecule has 16 heavy (non-hydrogen) atoms. The summed E-state index contributed by atoms with van der Waals surface area (Å²) in [6.07, 6.45) is 0. The van der Waals surface area contributed by atoms with Crippen LogP contribution in [0.5, 0.6) is 0 Å². The van der Waals surface area contributed by atoms with E-state index in [0.717, 1.165) is 5.56 Å². The van der Waals surface area contributed by atoms with Crippen LogP contribution in [0.15, 0.2) is 24.3 Å². The first kappa shape index (κ1) is 12.9. The fraction of sp³-hybridized carbons (Fsp3) is 0.300. The van der Waals surface area contributed by atoms with Crippen molar-refractivity contribution >= 4 is 32.9 Å². The van der Waals surface area contributed by atoms with Crippen molar-refractivity contribution < 1.29 is 8.42 Å². The highest BCUT2D eigenvalue weighted by Crippen LogP contribution is 2.16. The molecule has 1 aromatic rings. The highest BCUT2D eigenvalue weighted by atomic mass is 32.2. The summed E-state index contributed by atoms with van der Waals surface area (Å²) in [5.41, 5.74) is 6.72. The molecular weight excluding hydrogens is 244 g/mol. The Hall–Kier alpha value is -1.14. The molecule has 1 rings (SSSR count). The average molecular weight is 258 g/mol. The number of thiocarbonyl (C=S) groups is 1. The van der Waals surface area contributed by atoms with Gasteiger partial charge in [0.15, 0.2) is 0 Å². The fourth-order valence-electron chi connectivity index (χ4n) is 1.08. The molecule has 0 aliphatic heterocycles. The molecule has 0 spiro atoms. The van der Waals surface area contributed by atoms with Crippen LogP contribution in [0, 0.1) is 6.92 Å². The van der Waals surface area contributed by atoms with Crippen molar-refractivity contribution in [2.75, 3.05) is 4.72 Å². The van der Waals surface area contributed by atoms with Crippen LogP contribution in [-0.2, 0) is 10.0 Å². The lowest BCUT2D eigenvalue weighted by molar-refractivity contribution is 0.598. The first-order chi connectivity index (χ1) is 7.34. The summed E-state index contributed by atoms with van der Waals surface area (Å²) in [6.45, 7) is 3.28. The Balaban J connectivity index is 2.98. The maximum Gasteiger partial charge on any atom is 0.241 e. The Morgan fingerprint density at radius 2 is 2.00 bits per heavy atom. The molecule has 0 fully saturated rings. The van der Waals surface area contributed by atoms with E-state index in [1.165, 1.54) is 6.92 Å². The Labute approximate surface area is 101 Å². The zero-order chi connectivity index (χ0) is 12.3. The molecule has 88 valence electrons. The van der Waals surface area contributed by atoms with E-state index >= 15 is 0 Å². The molecule has 0 saturated carbocycles. The Kier molecular flexibility index (Phi) is 3.88. The Morgan fingerprint density at radius 1 is 1.44 bits per heavy atom. The molecule has 0 heterocycles. The van der Waals surface area contributed by atoms with Crippen LogP contribution in [0.1, 0.15) is 12.5 Å². The summed E-state index contributed by atoms with van der Waals surface area (Å²) in [4.78, 5) is -0.0407. The number of rotatable bonds is 4. The van der Waals surface area contributed by atoms with Gasteiger partial charge in [-0.15, -0.1) is 0 Å². The fourth-order valence-corrected chi connectivity index (χ4v) is 2.48. The van der Waals surface area contributed by atoms with Gasteiger partial charge in [0.2, 0.25) is 10.0 Å². The van der Waals surface area contributed by atoms with E-state index in [9.17, 15) is 8.42 Å². The number of nitrogens with one attached hydrogen (secondary N) is 1. The smallest absolute Gasteiger partial charge is 0.241 e. The third kappa shape index (κ3) is 2.93. The van der Waals surface area contributed by atoms with Gasteiger partial charge in [0, 0.05) is 0 Å². The molecule has 0 aromatic heterocycles. The first-order valence-corrected chi connectivity index (χ1v) is 6.66. The van der Waals surface area contributed by atoms with E-state index in [-0.39, 0.29) is 4.99 Å². The number of anilines is 1. The van der Waals surface area contributed by atoms with E-state index in [4.69, 9.17) is 5.73 Å². The highest BCUT2D eigenvalue weighted by molar-refractivity contribution is 7.95. The molecule has 0 aliphatic rings. The van der Waals surface area contributed by atoms with Gasteiger partial charge < -0.3 is 5.73 Å². The SMILES string of the molecule is Cc1ccccc1NS(=O)(=O)C(C)C(N)=S. The number of hydrogen-bond acceptors (Lipinski definition) is 3. The van der Waals surface area contributed by atoms with Gasteiger partial charge in [-0.25, -0.2) is 8.42 Å². The average Bonchev–Trinajstić information content (AvgIpc) is 2.20. The minimum atomic E-state index is -3.55. The largest absolute Gasteiger partial charge is 0.392 e. The molecule has 0 bridgehead atoms. The number of aryl methyl sites for hydroxylation is 1. The molecule has 1 aromatic carbocycles. The normalized spacial score (nSPS) is 13.1. The van der Waals surface area contributed by atoms with E-state index in [1.54, 1.807) is 12.1 Å². The van der Waals surface area contributed by atoms with E-state index < -0.39 is 15.3 Å². The molecule has 6 heteroatoms. The molecule has 1 atom stereocenters. The summed E-state index contributed by atoms with van der Waals surface area (Å²) in [5, 5.41) is -0.887. The topological polar surface area (TPSA) is 72.2 Å². The number of hydrogen-bond donors (Lipinski definition) is 2. The zero-order valence-electron chi connectivity index (χ0n) is 9.10. The van der Waals surface area contributed by atoms with Gasteiger partial charge in [0.25, 0.3) is 0 Å². The standard InChI is InChI=1S/C10H14N2O2S2/c1-7-5-3-4-6-9(7)12-16(13,14)8(2)10(11)15/h3-6,8,12H,1-2H3,(H2,11,15). The number of para-hydroxylation sites is 1. The quantitative estimate of drug-likeness (QED) is 0.801. The van der Waals surface area contributed by atoms with Crippen LogP contribution in [-0.4, -0.2) is 18.7 Å². The van der Waals surface area contributed by atoms with Gasteiger partial charge in [0.1, 0.15) is 5.25 Å². The van der Waals surface area contributed by atoms with Gasteiger partial charge in [-0.3, -0.25) is 4.72 Å². The second-order valence-corrected chi connectivity index (χ2v) is 5.98. The van der Waals surface area contributed by atoms with Gasteiger partial charge in [0.05, 0.1) is 10.7 Å². The van der Waals surface area contributed by atoms with Crippen LogP contribution in [0.2, 0.25) is 0 Å². The predicted molar refractivity (Wildman–Crippen MR) is 70.0 cm³/mol. The molecule has 0 aliphatic carbocycles. The second-order valence-electron chi connectivity index (χ2n) is 3.51. The van der Waals surface area contributed by atoms with Crippen LogP contribution >= 0.6 is 12.2 Å². The van der Waals surface area contributed by atoms with Gasteiger partial charge in [-0.2, -0.15) is 0 Å². The molecule has 0 amide bonds. The maximum atomic E-state index is 11.8. The van der Waals surface area contributed by atoms with Crippen molar-refractivity contribution in [3.8, 4) is 0 Å². The number of nitrogens with two attached hydrogens (primary N) is 1. The van der Waals surface area contributed by atoms with Crippen molar-refractivity contribution in [3.63, 3.8) is 0 Å². The second kappa shape index (κ2) is 4.80. The van der Waals surface area contributed by atoms with Crippen LogP contribution < -0.4 is 10.5 Å². The van der Waals surface area contributed by atoms with Gasteiger partial charge in [-0.05, 0) is 25.5 Å². The van der Waals surface area contributed by atoms with Gasteiger partial charge in [-0.1, -0.05) is 30.4 Å². The van der Waals surface area contributed by atoms with Crippen LogP contribution in [0.25, 0.3) is 0 Å². The van der Waals surface area contributed by atoms with Crippen LogP contribution in [0.3, 0.4) is 0 Å². The molecule has 3 N–H and O–H groups in total. The molecule has 1 unspecified atom stereocenters. The minimum absolute atomic E-state index is 0.0407. The third-order valence-corrected chi connectivity index (χ3v) is 4.46. The zero-order valence-corrected chi connectivity index (χ0v) is 10.7. The van der Waals surface area contributed by atoms with Crippen LogP contribution in [0.4, 0.5) is 5.69 Å². The first-order valence-electron chi connectivity index (χ1n) is 4.71. The van der Waals surface area contributed by atoms with Crippen molar-refractivity contribution in [2.45, 2.75) is 19.1 Å². The Bertz CT molecular complexity index is 497. The van der Waals surface area contributed by atoms with Crippen molar-refractivity contribution in [2.24, 2.45) is 5.73 Å². The van der Waals surface area contributed by atoms with E-state index in [2.05, 4.69) is 16.9 Å². The number of sulfonamides is 1. The van der Waals surface area contributed by atoms with Crippen molar-refractivity contribution in [1.82, 2.24) is 0 Å². The molecular formula is C10H14N2O2S2. The van der Waals surface area contributed by atoms with E-state index in [1.807, 2.05) is 19.1 Å². The molecule has 0 saturated heterocycles. The monoisotopic (exact) mass is 258 g/mol.